The lowest BCUT2D eigenvalue weighted by Gasteiger charge is -2.17. The van der Waals surface area contributed by atoms with Crippen LogP contribution < -0.4 is 4.74 Å². The molecule has 0 aliphatic heterocycles. The highest BCUT2D eigenvalue weighted by molar-refractivity contribution is 5.84. The quantitative estimate of drug-likeness (QED) is 0.678. The standard InChI is InChI=1S/C19H16O3/c1-21-19(20)18(15-8-3-2-4-9-15)22-17-12-11-14-7-5-6-10-16(14)13-17/h2-13,18H,1H3/t18-/m1/s1. The van der Waals surface area contributed by atoms with Gasteiger partial charge in [-0.1, -0.05) is 60.7 Å². The maximum Gasteiger partial charge on any atom is 0.351 e. The maximum absolute atomic E-state index is 12.0. The molecule has 0 saturated heterocycles. The van der Waals surface area contributed by atoms with Crippen LogP contribution in [-0.2, 0) is 9.53 Å². The van der Waals surface area contributed by atoms with Crippen LogP contribution in [0.1, 0.15) is 11.7 Å². The van der Waals surface area contributed by atoms with Crippen molar-refractivity contribution < 1.29 is 14.3 Å². The van der Waals surface area contributed by atoms with Crippen LogP contribution in [0.3, 0.4) is 0 Å². The number of ether oxygens (including phenoxy) is 2. The molecule has 0 spiro atoms. The fourth-order valence-electron chi connectivity index (χ4n) is 2.36. The monoisotopic (exact) mass is 292 g/mol. The molecule has 22 heavy (non-hydrogen) atoms. The van der Waals surface area contributed by atoms with Gasteiger partial charge < -0.3 is 9.47 Å². The molecule has 0 aromatic heterocycles. The van der Waals surface area contributed by atoms with Crippen LogP contribution in [0.4, 0.5) is 0 Å². The molecular formula is C19H16O3. The zero-order chi connectivity index (χ0) is 15.4. The third-order valence-corrected chi connectivity index (χ3v) is 3.49. The third kappa shape index (κ3) is 2.93. The maximum atomic E-state index is 12.0. The number of hydrogen-bond donors (Lipinski definition) is 0. The topological polar surface area (TPSA) is 35.5 Å². The average Bonchev–Trinajstić information content (AvgIpc) is 2.59. The number of carbonyl (C=O) groups excluding carboxylic acids is 1. The molecule has 0 fully saturated rings. The van der Waals surface area contributed by atoms with Gasteiger partial charge in [0.05, 0.1) is 7.11 Å². The van der Waals surface area contributed by atoms with E-state index in [1.165, 1.54) is 7.11 Å². The molecule has 3 rings (SSSR count). The summed E-state index contributed by atoms with van der Waals surface area (Å²) in [5, 5.41) is 2.20. The van der Waals surface area contributed by atoms with E-state index in [0.29, 0.717) is 5.75 Å². The van der Waals surface area contributed by atoms with Crippen molar-refractivity contribution in [1.29, 1.82) is 0 Å². The Kier molecular flexibility index (Phi) is 4.05. The lowest BCUT2D eigenvalue weighted by molar-refractivity contribution is -0.149. The van der Waals surface area contributed by atoms with E-state index in [-0.39, 0.29) is 0 Å². The third-order valence-electron chi connectivity index (χ3n) is 3.49. The lowest BCUT2D eigenvalue weighted by atomic mass is 10.1. The summed E-state index contributed by atoms with van der Waals surface area (Å²) in [4.78, 5) is 12.0. The van der Waals surface area contributed by atoms with Gasteiger partial charge in [-0.3, -0.25) is 0 Å². The minimum absolute atomic E-state index is 0.417. The van der Waals surface area contributed by atoms with Crippen molar-refractivity contribution in [2.45, 2.75) is 6.10 Å². The van der Waals surface area contributed by atoms with Gasteiger partial charge in [-0.2, -0.15) is 0 Å². The average molecular weight is 292 g/mol. The second kappa shape index (κ2) is 6.31. The Morgan fingerprint density at radius 1 is 0.864 bits per heavy atom. The van der Waals surface area contributed by atoms with Gasteiger partial charge in [0.25, 0.3) is 0 Å². The van der Waals surface area contributed by atoms with E-state index >= 15 is 0 Å². The van der Waals surface area contributed by atoms with E-state index < -0.39 is 12.1 Å². The number of esters is 1. The smallest absolute Gasteiger partial charge is 0.351 e. The summed E-state index contributed by atoms with van der Waals surface area (Å²) in [5.74, 6) is 0.220. The fourth-order valence-corrected chi connectivity index (χ4v) is 2.36. The normalized spacial score (nSPS) is 11.9. The van der Waals surface area contributed by atoms with Crippen molar-refractivity contribution in [3.63, 3.8) is 0 Å². The van der Waals surface area contributed by atoms with Crippen molar-refractivity contribution in [2.24, 2.45) is 0 Å². The molecule has 0 aliphatic rings. The predicted molar refractivity (Wildman–Crippen MR) is 85.8 cm³/mol. The van der Waals surface area contributed by atoms with E-state index in [9.17, 15) is 4.79 Å². The fraction of sp³-hybridized carbons (Fsp3) is 0.105. The predicted octanol–water partition coefficient (Wildman–Crippen LogP) is 4.13. The molecule has 0 heterocycles. The largest absolute Gasteiger partial charge is 0.474 e. The van der Waals surface area contributed by atoms with Gasteiger partial charge in [0.15, 0.2) is 0 Å². The first-order valence-corrected chi connectivity index (χ1v) is 7.06. The van der Waals surface area contributed by atoms with Crippen molar-refractivity contribution in [1.82, 2.24) is 0 Å². The second-order valence-corrected chi connectivity index (χ2v) is 4.94. The van der Waals surface area contributed by atoms with Crippen molar-refractivity contribution in [3.8, 4) is 5.75 Å². The first-order chi connectivity index (χ1) is 10.8. The molecule has 3 aromatic rings. The first-order valence-electron chi connectivity index (χ1n) is 7.06. The van der Waals surface area contributed by atoms with E-state index in [1.807, 2.05) is 72.8 Å². The van der Waals surface area contributed by atoms with Crippen LogP contribution in [0, 0.1) is 0 Å². The van der Waals surface area contributed by atoms with Crippen LogP contribution in [0.2, 0.25) is 0 Å². The molecule has 1 atom stereocenters. The number of carbonyl (C=O) groups is 1. The highest BCUT2D eigenvalue weighted by atomic mass is 16.6. The molecule has 0 amide bonds. The zero-order valence-electron chi connectivity index (χ0n) is 12.2. The van der Waals surface area contributed by atoms with Crippen LogP contribution in [0.15, 0.2) is 72.8 Å². The van der Waals surface area contributed by atoms with Crippen molar-refractivity contribution in [3.05, 3.63) is 78.4 Å². The van der Waals surface area contributed by atoms with Crippen molar-refractivity contribution >= 4 is 16.7 Å². The van der Waals surface area contributed by atoms with Gasteiger partial charge in [0.2, 0.25) is 6.10 Å². The van der Waals surface area contributed by atoms with Crippen LogP contribution >= 0.6 is 0 Å². The molecule has 3 aromatic carbocycles. The Labute approximate surface area is 129 Å². The Morgan fingerprint density at radius 2 is 1.55 bits per heavy atom. The SMILES string of the molecule is COC(=O)[C@H](Oc1ccc2ccccc2c1)c1ccccc1. The van der Waals surface area contributed by atoms with Gasteiger partial charge in [-0.05, 0) is 22.9 Å². The molecule has 0 N–H and O–H groups in total. The molecule has 0 unspecified atom stereocenters. The summed E-state index contributed by atoms with van der Waals surface area (Å²) < 4.78 is 10.7. The van der Waals surface area contributed by atoms with E-state index in [0.717, 1.165) is 16.3 Å². The number of methoxy groups -OCH3 is 1. The zero-order valence-corrected chi connectivity index (χ0v) is 12.2. The van der Waals surface area contributed by atoms with Gasteiger partial charge in [0.1, 0.15) is 5.75 Å². The van der Waals surface area contributed by atoms with Crippen LogP contribution in [-0.4, -0.2) is 13.1 Å². The molecule has 0 radical (unpaired) electrons. The van der Waals surface area contributed by atoms with Gasteiger partial charge in [-0.15, -0.1) is 0 Å². The van der Waals surface area contributed by atoms with Gasteiger partial charge in [0, 0.05) is 5.56 Å². The number of benzene rings is 3. The highest BCUT2D eigenvalue weighted by Crippen LogP contribution is 2.26. The minimum Gasteiger partial charge on any atom is -0.474 e. The number of rotatable bonds is 4. The van der Waals surface area contributed by atoms with Gasteiger partial charge >= 0.3 is 5.97 Å². The van der Waals surface area contributed by atoms with Crippen molar-refractivity contribution in [2.75, 3.05) is 7.11 Å². The summed E-state index contributed by atoms with van der Waals surface area (Å²) in [7, 11) is 1.36. The summed E-state index contributed by atoms with van der Waals surface area (Å²) in [6, 6.07) is 23.1. The molecule has 3 heteroatoms. The molecule has 110 valence electrons. The number of hydrogen-bond acceptors (Lipinski definition) is 3. The highest BCUT2D eigenvalue weighted by Gasteiger charge is 2.23. The van der Waals surface area contributed by atoms with Crippen LogP contribution in [0.25, 0.3) is 10.8 Å². The Morgan fingerprint density at radius 3 is 2.27 bits per heavy atom. The molecule has 0 aliphatic carbocycles. The van der Waals surface area contributed by atoms with E-state index in [2.05, 4.69) is 0 Å². The lowest BCUT2D eigenvalue weighted by Crippen LogP contribution is -2.20. The molecule has 0 saturated carbocycles. The molecular weight excluding hydrogens is 276 g/mol. The second-order valence-electron chi connectivity index (χ2n) is 4.94. The molecule has 0 bridgehead atoms. The minimum atomic E-state index is -0.771. The number of fused-ring (bicyclic) bond motifs is 1. The van der Waals surface area contributed by atoms with E-state index in [4.69, 9.17) is 9.47 Å². The summed E-state index contributed by atoms with van der Waals surface area (Å²) in [6.07, 6.45) is -0.771. The summed E-state index contributed by atoms with van der Waals surface area (Å²) >= 11 is 0. The summed E-state index contributed by atoms with van der Waals surface area (Å²) in [6.45, 7) is 0. The summed E-state index contributed by atoms with van der Waals surface area (Å²) in [5.41, 5.74) is 0.766. The Bertz CT molecular complexity index is 781. The van der Waals surface area contributed by atoms with Crippen LogP contribution in [0.5, 0.6) is 5.75 Å². The molecule has 3 nitrogen and oxygen atoms in total. The Hall–Kier alpha value is -2.81. The first kappa shape index (κ1) is 14.1. The Balaban J connectivity index is 1.93. The van der Waals surface area contributed by atoms with Gasteiger partial charge in [-0.25, -0.2) is 4.79 Å². The van der Waals surface area contributed by atoms with E-state index in [1.54, 1.807) is 0 Å².